The third-order valence-electron chi connectivity index (χ3n) is 3.41. The van der Waals surface area contributed by atoms with E-state index in [2.05, 4.69) is 32.9 Å². The van der Waals surface area contributed by atoms with Gasteiger partial charge in [0.05, 0.1) is 16.4 Å². The van der Waals surface area contributed by atoms with Gasteiger partial charge in [-0.2, -0.15) is 0 Å². The number of hydrogen-bond acceptors (Lipinski definition) is 4. The van der Waals surface area contributed by atoms with E-state index < -0.39 is 0 Å². The standard InChI is InChI=1S/C15H16IN3O/c1-17-15-12(16)13(9-6-7-9)18-14(19-15)10-4-3-5-11(8-10)20-2/h3-5,8-9H,6-7H2,1-2H3,(H,17,18,19). The van der Waals surface area contributed by atoms with Gasteiger partial charge in [0.25, 0.3) is 0 Å². The Morgan fingerprint density at radius 1 is 1.30 bits per heavy atom. The molecule has 1 aliphatic carbocycles. The maximum atomic E-state index is 5.27. The molecule has 104 valence electrons. The number of nitrogens with one attached hydrogen (secondary N) is 1. The van der Waals surface area contributed by atoms with Crippen LogP contribution in [-0.2, 0) is 0 Å². The van der Waals surface area contributed by atoms with Gasteiger partial charge in [-0.1, -0.05) is 12.1 Å². The van der Waals surface area contributed by atoms with Crippen molar-refractivity contribution in [1.82, 2.24) is 9.97 Å². The van der Waals surface area contributed by atoms with Crippen LogP contribution in [0.15, 0.2) is 24.3 Å². The highest BCUT2D eigenvalue weighted by molar-refractivity contribution is 14.1. The van der Waals surface area contributed by atoms with Gasteiger partial charge < -0.3 is 10.1 Å². The first kappa shape index (κ1) is 13.6. The van der Waals surface area contributed by atoms with Gasteiger partial charge in [0.1, 0.15) is 11.6 Å². The molecule has 1 aromatic carbocycles. The summed E-state index contributed by atoms with van der Waals surface area (Å²) in [6.07, 6.45) is 2.46. The molecule has 1 N–H and O–H groups in total. The predicted octanol–water partition coefficient (Wildman–Crippen LogP) is 3.68. The maximum absolute atomic E-state index is 5.27. The first-order valence-electron chi connectivity index (χ1n) is 6.62. The van der Waals surface area contributed by atoms with Gasteiger partial charge in [0, 0.05) is 18.5 Å². The van der Waals surface area contributed by atoms with Crippen LogP contribution >= 0.6 is 22.6 Å². The molecule has 5 heteroatoms. The molecule has 0 saturated heterocycles. The lowest BCUT2D eigenvalue weighted by Crippen LogP contribution is -2.04. The van der Waals surface area contributed by atoms with Crippen molar-refractivity contribution in [2.45, 2.75) is 18.8 Å². The van der Waals surface area contributed by atoms with Crippen LogP contribution < -0.4 is 10.1 Å². The van der Waals surface area contributed by atoms with E-state index in [1.807, 2.05) is 31.3 Å². The van der Waals surface area contributed by atoms with Crippen LogP contribution in [0.25, 0.3) is 11.4 Å². The SMILES string of the molecule is CNc1nc(-c2cccc(OC)c2)nc(C2CC2)c1I. The second-order valence-corrected chi connectivity index (χ2v) is 5.93. The van der Waals surface area contributed by atoms with E-state index in [0.717, 1.165) is 26.5 Å². The molecular formula is C15H16IN3O. The molecule has 0 aliphatic heterocycles. The highest BCUT2D eigenvalue weighted by atomic mass is 127. The van der Waals surface area contributed by atoms with Gasteiger partial charge in [-0.25, -0.2) is 9.97 Å². The van der Waals surface area contributed by atoms with Gasteiger partial charge in [-0.15, -0.1) is 0 Å². The van der Waals surface area contributed by atoms with Crippen molar-refractivity contribution in [2.75, 3.05) is 19.5 Å². The van der Waals surface area contributed by atoms with Gasteiger partial charge >= 0.3 is 0 Å². The number of hydrogen-bond donors (Lipinski definition) is 1. The number of methoxy groups -OCH3 is 1. The summed E-state index contributed by atoms with van der Waals surface area (Å²) in [7, 11) is 3.57. The molecule has 0 unspecified atom stereocenters. The van der Waals surface area contributed by atoms with E-state index in [1.165, 1.54) is 18.5 Å². The Morgan fingerprint density at radius 3 is 2.75 bits per heavy atom. The molecule has 3 rings (SSSR count). The van der Waals surface area contributed by atoms with Crippen molar-refractivity contribution in [1.29, 1.82) is 0 Å². The summed E-state index contributed by atoms with van der Waals surface area (Å²) in [5.74, 6) is 3.08. The van der Waals surface area contributed by atoms with E-state index >= 15 is 0 Å². The molecule has 1 heterocycles. The minimum atomic E-state index is 0.598. The molecule has 2 aromatic rings. The highest BCUT2D eigenvalue weighted by Crippen LogP contribution is 2.42. The molecule has 1 fully saturated rings. The van der Waals surface area contributed by atoms with Crippen LogP contribution in [0.3, 0.4) is 0 Å². The van der Waals surface area contributed by atoms with Crippen molar-refractivity contribution in [2.24, 2.45) is 0 Å². The zero-order chi connectivity index (χ0) is 14.1. The van der Waals surface area contributed by atoms with Crippen LogP contribution in [0, 0.1) is 3.57 Å². The Hall–Kier alpha value is -1.37. The fourth-order valence-electron chi connectivity index (χ4n) is 2.15. The maximum Gasteiger partial charge on any atom is 0.161 e. The minimum Gasteiger partial charge on any atom is -0.497 e. The quantitative estimate of drug-likeness (QED) is 0.821. The molecule has 1 aliphatic rings. The zero-order valence-corrected chi connectivity index (χ0v) is 13.6. The number of rotatable bonds is 4. The molecule has 20 heavy (non-hydrogen) atoms. The van der Waals surface area contributed by atoms with Crippen molar-refractivity contribution in [3.8, 4) is 17.1 Å². The molecule has 0 amide bonds. The summed E-state index contributed by atoms with van der Waals surface area (Å²) < 4.78 is 6.41. The zero-order valence-electron chi connectivity index (χ0n) is 11.5. The fourth-order valence-corrected chi connectivity index (χ4v) is 3.10. The summed E-state index contributed by atoms with van der Waals surface area (Å²) in [6, 6.07) is 7.88. The van der Waals surface area contributed by atoms with E-state index in [0.29, 0.717) is 5.92 Å². The van der Waals surface area contributed by atoms with Crippen LogP contribution in [-0.4, -0.2) is 24.1 Å². The van der Waals surface area contributed by atoms with Crippen LogP contribution in [0.1, 0.15) is 24.5 Å². The number of nitrogens with zero attached hydrogens (tertiary/aromatic N) is 2. The lowest BCUT2D eigenvalue weighted by atomic mass is 10.2. The fraction of sp³-hybridized carbons (Fsp3) is 0.333. The summed E-state index contributed by atoms with van der Waals surface area (Å²) in [5.41, 5.74) is 2.15. The third kappa shape index (κ3) is 2.59. The normalized spacial score (nSPS) is 14.2. The predicted molar refractivity (Wildman–Crippen MR) is 88.3 cm³/mol. The van der Waals surface area contributed by atoms with Crippen LogP contribution in [0.4, 0.5) is 5.82 Å². The van der Waals surface area contributed by atoms with Crippen LogP contribution in [0.5, 0.6) is 5.75 Å². The third-order valence-corrected chi connectivity index (χ3v) is 4.47. The Bertz CT molecular complexity index is 641. The summed E-state index contributed by atoms with van der Waals surface area (Å²) in [4.78, 5) is 9.40. The average Bonchev–Trinajstić information content (AvgIpc) is 3.32. The highest BCUT2D eigenvalue weighted by Gasteiger charge is 2.29. The number of ether oxygens (including phenoxy) is 1. The first-order valence-corrected chi connectivity index (χ1v) is 7.70. The molecular weight excluding hydrogens is 365 g/mol. The number of halogens is 1. The van der Waals surface area contributed by atoms with Gasteiger partial charge in [0.15, 0.2) is 5.82 Å². The molecule has 0 bridgehead atoms. The summed E-state index contributed by atoms with van der Waals surface area (Å²) in [6.45, 7) is 0. The Morgan fingerprint density at radius 2 is 2.10 bits per heavy atom. The molecule has 0 radical (unpaired) electrons. The second-order valence-electron chi connectivity index (χ2n) is 4.85. The molecule has 1 saturated carbocycles. The van der Waals surface area contributed by atoms with Crippen molar-refractivity contribution < 1.29 is 4.74 Å². The minimum absolute atomic E-state index is 0.598. The van der Waals surface area contributed by atoms with Gasteiger partial charge in [-0.05, 0) is 47.6 Å². The van der Waals surface area contributed by atoms with E-state index in [-0.39, 0.29) is 0 Å². The lowest BCUT2D eigenvalue weighted by Gasteiger charge is -2.11. The van der Waals surface area contributed by atoms with Crippen molar-refractivity contribution in [3.63, 3.8) is 0 Å². The second kappa shape index (κ2) is 5.55. The Balaban J connectivity index is 2.10. The monoisotopic (exact) mass is 381 g/mol. The Kier molecular flexibility index (Phi) is 3.78. The van der Waals surface area contributed by atoms with E-state index in [4.69, 9.17) is 9.72 Å². The average molecular weight is 381 g/mol. The largest absolute Gasteiger partial charge is 0.497 e. The van der Waals surface area contributed by atoms with Gasteiger partial charge in [0.2, 0.25) is 0 Å². The number of anilines is 1. The molecule has 0 atom stereocenters. The lowest BCUT2D eigenvalue weighted by molar-refractivity contribution is 0.415. The van der Waals surface area contributed by atoms with Gasteiger partial charge in [-0.3, -0.25) is 0 Å². The van der Waals surface area contributed by atoms with Crippen LogP contribution in [0.2, 0.25) is 0 Å². The summed E-state index contributed by atoms with van der Waals surface area (Å²) >= 11 is 2.33. The number of aromatic nitrogens is 2. The number of benzene rings is 1. The van der Waals surface area contributed by atoms with Crippen molar-refractivity contribution >= 4 is 28.4 Å². The van der Waals surface area contributed by atoms with Crippen molar-refractivity contribution in [3.05, 3.63) is 33.5 Å². The topological polar surface area (TPSA) is 47.0 Å². The molecule has 0 spiro atoms. The summed E-state index contributed by atoms with van der Waals surface area (Å²) in [5, 5.41) is 3.17. The molecule has 1 aromatic heterocycles. The van der Waals surface area contributed by atoms with E-state index in [9.17, 15) is 0 Å². The van der Waals surface area contributed by atoms with E-state index in [1.54, 1.807) is 7.11 Å². The molecule has 4 nitrogen and oxygen atoms in total. The Labute approximate surface area is 132 Å². The smallest absolute Gasteiger partial charge is 0.161 e. The first-order chi connectivity index (χ1) is 9.72.